The van der Waals surface area contributed by atoms with Crippen molar-refractivity contribution in [3.05, 3.63) is 59.2 Å². The largest absolute Gasteiger partial charge is 0.496 e. The number of nitriles is 1. The first-order valence-corrected chi connectivity index (χ1v) is 8.60. The van der Waals surface area contributed by atoms with Crippen LogP contribution in [0.15, 0.2) is 48.0 Å². The fourth-order valence-corrected chi connectivity index (χ4v) is 2.44. The molecule has 0 radical (unpaired) electrons. The minimum Gasteiger partial charge on any atom is -0.496 e. The predicted molar refractivity (Wildman–Crippen MR) is 104 cm³/mol. The minimum absolute atomic E-state index is 0.0134. The molecule has 0 atom stereocenters. The topological polar surface area (TPSA) is 68.5 Å². The highest BCUT2D eigenvalue weighted by atomic mass is 16.5. The fourth-order valence-electron chi connectivity index (χ4n) is 2.44. The number of hydrogen-bond donors (Lipinski definition) is 0. The molecular weight excluding hydrogens is 342 g/mol. The van der Waals surface area contributed by atoms with Crippen LogP contribution in [0, 0.1) is 17.2 Å². The lowest BCUT2D eigenvalue weighted by Gasteiger charge is -2.13. The number of methoxy groups -OCH3 is 2. The SMILES string of the molecule is COc1ccc(/C=C(\C#N)C(=O)c2ccccc2OC)cc1OCC(C)C. The van der Waals surface area contributed by atoms with E-state index in [0.717, 1.165) is 0 Å². The molecule has 0 fully saturated rings. The summed E-state index contributed by atoms with van der Waals surface area (Å²) in [6.07, 6.45) is 1.54. The summed E-state index contributed by atoms with van der Waals surface area (Å²) in [4.78, 5) is 12.8. The molecule has 0 saturated carbocycles. The molecule has 0 N–H and O–H groups in total. The zero-order valence-corrected chi connectivity index (χ0v) is 16.0. The van der Waals surface area contributed by atoms with Gasteiger partial charge in [-0.3, -0.25) is 4.79 Å². The molecule has 0 spiro atoms. The molecule has 2 rings (SSSR count). The fraction of sp³-hybridized carbons (Fsp3) is 0.273. The van der Waals surface area contributed by atoms with Gasteiger partial charge in [0.15, 0.2) is 11.5 Å². The number of hydrogen-bond acceptors (Lipinski definition) is 5. The van der Waals surface area contributed by atoms with E-state index < -0.39 is 5.78 Å². The molecule has 0 aromatic heterocycles. The molecule has 5 heteroatoms. The summed E-state index contributed by atoms with van der Waals surface area (Å²) in [6, 6.07) is 14.1. The normalized spacial score (nSPS) is 11.0. The van der Waals surface area contributed by atoms with E-state index in [2.05, 4.69) is 13.8 Å². The van der Waals surface area contributed by atoms with Gasteiger partial charge in [-0.1, -0.05) is 32.0 Å². The number of Topliss-reactive ketones (excluding diaryl/α,β-unsaturated/α-hetero) is 1. The quantitative estimate of drug-likeness (QED) is 0.391. The molecule has 0 amide bonds. The number of allylic oxidation sites excluding steroid dienone is 1. The molecule has 2 aromatic carbocycles. The van der Waals surface area contributed by atoms with Crippen molar-refractivity contribution in [3.63, 3.8) is 0 Å². The first-order chi connectivity index (χ1) is 13.0. The summed E-state index contributed by atoms with van der Waals surface area (Å²) in [5.41, 5.74) is 1.03. The number of benzene rings is 2. The first kappa shape index (κ1) is 20.1. The molecule has 27 heavy (non-hydrogen) atoms. The Labute approximate surface area is 159 Å². The summed E-state index contributed by atoms with van der Waals surface area (Å²) in [7, 11) is 3.06. The van der Waals surface area contributed by atoms with Crippen molar-refractivity contribution in [1.29, 1.82) is 5.26 Å². The lowest BCUT2D eigenvalue weighted by atomic mass is 10.0. The van der Waals surface area contributed by atoms with Crippen molar-refractivity contribution in [1.82, 2.24) is 0 Å². The number of carbonyl (C=O) groups excluding carboxylic acids is 1. The van der Waals surface area contributed by atoms with Crippen molar-refractivity contribution >= 4 is 11.9 Å². The maximum absolute atomic E-state index is 12.8. The van der Waals surface area contributed by atoms with Gasteiger partial charge in [0.1, 0.15) is 17.4 Å². The Morgan fingerprint density at radius 2 is 1.78 bits per heavy atom. The third kappa shape index (κ3) is 5.11. The number of ketones is 1. The molecule has 0 aliphatic rings. The average molecular weight is 365 g/mol. The zero-order valence-electron chi connectivity index (χ0n) is 16.0. The Hall–Kier alpha value is -3.26. The van der Waals surface area contributed by atoms with Crippen molar-refractivity contribution < 1.29 is 19.0 Å². The number of ether oxygens (including phenoxy) is 3. The minimum atomic E-state index is -0.393. The molecule has 0 saturated heterocycles. The summed E-state index contributed by atoms with van der Waals surface area (Å²) in [5.74, 6) is 1.56. The number of para-hydroxylation sites is 1. The smallest absolute Gasteiger partial charge is 0.207 e. The molecule has 140 valence electrons. The predicted octanol–water partition coefficient (Wildman–Crippen LogP) is 4.53. The van der Waals surface area contributed by atoms with Crippen molar-refractivity contribution in [2.45, 2.75) is 13.8 Å². The van der Waals surface area contributed by atoms with Crippen LogP contribution >= 0.6 is 0 Å². The van der Waals surface area contributed by atoms with Gasteiger partial charge >= 0.3 is 0 Å². The van der Waals surface area contributed by atoms with Gasteiger partial charge in [0.25, 0.3) is 0 Å². The van der Waals surface area contributed by atoms with Crippen molar-refractivity contribution in [2.75, 3.05) is 20.8 Å². The second kappa shape index (κ2) is 9.44. The monoisotopic (exact) mass is 365 g/mol. The van der Waals surface area contributed by atoms with Crippen LogP contribution in [0.3, 0.4) is 0 Å². The molecule has 0 unspecified atom stereocenters. The lowest BCUT2D eigenvalue weighted by Crippen LogP contribution is -2.06. The van der Waals surface area contributed by atoms with E-state index in [0.29, 0.717) is 40.9 Å². The summed E-state index contributed by atoms with van der Waals surface area (Å²) in [6.45, 7) is 4.64. The van der Waals surface area contributed by atoms with Crippen LogP contribution < -0.4 is 14.2 Å². The highest BCUT2D eigenvalue weighted by molar-refractivity contribution is 6.15. The number of carbonyl (C=O) groups is 1. The van der Waals surface area contributed by atoms with E-state index >= 15 is 0 Å². The molecule has 5 nitrogen and oxygen atoms in total. The molecule has 0 aliphatic carbocycles. The molecule has 2 aromatic rings. The zero-order chi connectivity index (χ0) is 19.8. The molecule has 0 heterocycles. The Morgan fingerprint density at radius 3 is 2.41 bits per heavy atom. The van der Waals surface area contributed by atoms with E-state index in [1.165, 1.54) is 13.2 Å². The van der Waals surface area contributed by atoms with Gasteiger partial charge in [0, 0.05) is 0 Å². The number of rotatable bonds is 8. The summed E-state index contributed by atoms with van der Waals surface area (Å²) < 4.78 is 16.3. The second-order valence-electron chi connectivity index (χ2n) is 6.31. The molecule has 0 aliphatic heterocycles. The Bertz CT molecular complexity index is 878. The van der Waals surface area contributed by atoms with Crippen LogP contribution in [0.2, 0.25) is 0 Å². The van der Waals surface area contributed by atoms with E-state index in [1.807, 2.05) is 6.07 Å². The standard InChI is InChI=1S/C22H23NO4/c1-15(2)14-27-21-12-16(9-10-20(21)26-4)11-17(13-23)22(24)18-7-5-6-8-19(18)25-3/h5-12,15H,14H2,1-4H3/b17-11+. The van der Waals surface area contributed by atoms with Gasteiger partial charge in [0.05, 0.1) is 26.4 Å². The Balaban J connectivity index is 2.38. The van der Waals surface area contributed by atoms with Gasteiger partial charge in [0.2, 0.25) is 5.78 Å². The van der Waals surface area contributed by atoms with Gasteiger partial charge in [-0.15, -0.1) is 0 Å². The number of nitrogens with zero attached hydrogens (tertiary/aromatic N) is 1. The van der Waals surface area contributed by atoms with Gasteiger partial charge in [-0.25, -0.2) is 0 Å². The Morgan fingerprint density at radius 1 is 1.07 bits per heavy atom. The summed E-state index contributed by atoms with van der Waals surface area (Å²) >= 11 is 0. The van der Waals surface area contributed by atoms with Gasteiger partial charge in [-0.05, 0) is 41.8 Å². The van der Waals surface area contributed by atoms with E-state index in [9.17, 15) is 10.1 Å². The van der Waals surface area contributed by atoms with Crippen LogP contribution in [-0.4, -0.2) is 26.6 Å². The first-order valence-electron chi connectivity index (χ1n) is 8.60. The highest BCUT2D eigenvalue weighted by Crippen LogP contribution is 2.30. The van der Waals surface area contributed by atoms with E-state index in [4.69, 9.17) is 14.2 Å². The van der Waals surface area contributed by atoms with Crippen molar-refractivity contribution in [2.24, 2.45) is 5.92 Å². The third-order valence-electron chi connectivity index (χ3n) is 3.79. The maximum atomic E-state index is 12.8. The molecule has 0 bridgehead atoms. The van der Waals surface area contributed by atoms with Gasteiger partial charge in [-0.2, -0.15) is 5.26 Å². The van der Waals surface area contributed by atoms with Crippen LogP contribution in [0.5, 0.6) is 17.2 Å². The highest BCUT2D eigenvalue weighted by Gasteiger charge is 2.17. The third-order valence-corrected chi connectivity index (χ3v) is 3.79. The Kier molecular flexibility index (Phi) is 7.01. The van der Waals surface area contributed by atoms with Gasteiger partial charge < -0.3 is 14.2 Å². The van der Waals surface area contributed by atoms with Crippen molar-refractivity contribution in [3.8, 4) is 23.3 Å². The van der Waals surface area contributed by atoms with Crippen LogP contribution in [0.4, 0.5) is 0 Å². The van der Waals surface area contributed by atoms with Crippen LogP contribution in [-0.2, 0) is 0 Å². The summed E-state index contributed by atoms with van der Waals surface area (Å²) in [5, 5.41) is 9.49. The van der Waals surface area contributed by atoms with E-state index in [-0.39, 0.29) is 5.57 Å². The van der Waals surface area contributed by atoms with Crippen LogP contribution in [0.1, 0.15) is 29.8 Å². The molecular formula is C22H23NO4. The second-order valence-corrected chi connectivity index (χ2v) is 6.31. The van der Waals surface area contributed by atoms with E-state index in [1.54, 1.807) is 49.6 Å². The maximum Gasteiger partial charge on any atom is 0.207 e. The lowest BCUT2D eigenvalue weighted by molar-refractivity contribution is 0.103. The van der Waals surface area contributed by atoms with Crippen LogP contribution in [0.25, 0.3) is 6.08 Å². The average Bonchev–Trinajstić information content (AvgIpc) is 2.69.